The van der Waals surface area contributed by atoms with E-state index in [1.807, 2.05) is 13.1 Å². The number of hydrogen-bond acceptors (Lipinski definition) is 2. The molecule has 0 radical (unpaired) electrons. The van der Waals surface area contributed by atoms with Crippen molar-refractivity contribution in [3.8, 4) is 0 Å². The van der Waals surface area contributed by atoms with Crippen molar-refractivity contribution in [2.24, 2.45) is 0 Å². The third-order valence-electron chi connectivity index (χ3n) is 2.80. The highest BCUT2D eigenvalue weighted by Crippen LogP contribution is 2.25. The molecule has 78 valence electrons. The van der Waals surface area contributed by atoms with Gasteiger partial charge >= 0.3 is 0 Å². The Morgan fingerprint density at radius 3 is 2.94 bits per heavy atom. The van der Waals surface area contributed by atoms with Crippen molar-refractivity contribution < 1.29 is 0 Å². The van der Waals surface area contributed by atoms with Crippen molar-refractivity contribution in [1.29, 1.82) is 0 Å². The predicted molar refractivity (Wildman–Crippen MR) is 67.0 cm³/mol. The second-order valence-corrected chi connectivity index (χ2v) is 3.96. The summed E-state index contributed by atoms with van der Waals surface area (Å²) in [5.74, 6) is 0.822. The Labute approximate surface area is 94.4 Å². The lowest BCUT2D eigenvalue weighted by Crippen LogP contribution is -1.92. The van der Waals surface area contributed by atoms with Crippen LogP contribution in [0.1, 0.15) is 23.4 Å². The summed E-state index contributed by atoms with van der Waals surface area (Å²) in [6, 6.07) is 4.21. The maximum Gasteiger partial charge on any atom is 0.125 e. The van der Waals surface area contributed by atoms with Crippen molar-refractivity contribution >= 4 is 23.1 Å². The average Bonchev–Trinajstić information content (AvgIpc) is 2.54. The molecule has 0 aliphatic heterocycles. The van der Waals surface area contributed by atoms with Gasteiger partial charge in [-0.2, -0.15) is 0 Å². The minimum Gasteiger partial charge on any atom is -0.241 e. The molecule has 0 fully saturated rings. The number of aryl methyl sites for hydroxylation is 1. The van der Waals surface area contributed by atoms with Gasteiger partial charge in [0.1, 0.15) is 5.82 Å². The van der Waals surface area contributed by atoms with Crippen LogP contribution in [0.25, 0.3) is 23.1 Å². The van der Waals surface area contributed by atoms with E-state index < -0.39 is 0 Å². The molecule has 0 N–H and O–H groups in total. The molecule has 1 aromatic carbocycles. The maximum atomic E-state index is 4.53. The zero-order chi connectivity index (χ0) is 11.0. The van der Waals surface area contributed by atoms with Gasteiger partial charge in [0.05, 0.1) is 5.52 Å². The highest BCUT2D eigenvalue weighted by Gasteiger charge is 2.06. The van der Waals surface area contributed by atoms with Gasteiger partial charge in [-0.1, -0.05) is 36.4 Å². The van der Waals surface area contributed by atoms with Crippen LogP contribution >= 0.6 is 0 Å². The van der Waals surface area contributed by atoms with E-state index in [0.29, 0.717) is 0 Å². The zero-order valence-electron chi connectivity index (χ0n) is 9.14. The summed E-state index contributed by atoms with van der Waals surface area (Å²) < 4.78 is 0. The first-order valence-corrected chi connectivity index (χ1v) is 5.44. The molecule has 1 aliphatic rings. The number of aromatic nitrogens is 2. The average molecular weight is 208 g/mol. The largest absolute Gasteiger partial charge is 0.241 e. The minimum absolute atomic E-state index is 0.822. The first-order valence-electron chi connectivity index (χ1n) is 5.44. The standard InChI is InChI=1S/C14H12N2/c1-10-15-9-12-8-7-11-5-3-2-4-6-13(11)14(12)16-10/h3-9H,2H2,1H3. The number of fused-ring (bicyclic) bond motifs is 3. The Morgan fingerprint density at radius 1 is 1.12 bits per heavy atom. The van der Waals surface area contributed by atoms with Crippen LogP contribution in [0.3, 0.4) is 0 Å². The second kappa shape index (κ2) is 3.56. The van der Waals surface area contributed by atoms with Gasteiger partial charge < -0.3 is 0 Å². The van der Waals surface area contributed by atoms with Crippen LogP contribution in [-0.2, 0) is 0 Å². The van der Waals surface area contributed by atoms with Crippen LogP contribution in [0.15, 0.2) is 30.5 Å². The van der Waals surface area contributed by atoms with E-state index in [9.17, 15) is 0 Å². The normalized spacial score (nSPS) is 13.8. The van der Waals surface area contributed by atoms with E-state index in [4.69, 9.17) is 0 Å². The Kier molecular flexibility index (Phi) is 2.07. The third kappa shape index (κ3) is 1.43. The summed E-state index contributed by atoms with van der Waals surface area (Å²) in [6.07, 6.45) is 11.5. The number of allylic oxidation sites excluding steroid dienone is 2. The molecular formula is C14H12N2. The summed E-state index contributed by atoms with van der Waals surface area (Å²) >= 11 is 0. The molecule has 2 heteroatoms. The number of benzene rings is 1. The summed E-state index contributed by atoms with van der Waals surface area (Å²) in [4.78, 5) is 8.76. The summed E-state index contributed by atoms with van der Waals surface area (Å²) in [5.41, 5.74) is 3.49. The van der Waals surface area contributed by atoms with Crippen LogP contribution in [0, 0.1) is 6.92 Å². The van der Waals surface area contributed by atoms with Crippen molar-refractivity contribution in [3.05, 3.63) is 47.4 Å². The van der Waals surface area contributed by atoms with Crippen molar-refractivity contribution in [2.75, 3.05) is 0 Å². The summed E-state index contributed by atoms with van der Waals surface area (Å²) in [5, 5.41) is 1.10. The third-order valence-corrected chi connectivity index (χ3v) is 2.80. The maximum absolute atomic E-state index is 4.53. The predicted octanol–water partition coefficient (Wildman–Crippen LogP) is 3.37. The van der Waals surface area contributed by atoms with E-state index in [0.717, 1.165) is 23.1 Å². The molecule has 3 rings (SSSR count). The lowest BCUT2D eigenvalue weighted by molar-refractivity contribution is 1.09. The Bertz CT molecular complexity index is 609. The topological polar surface area (TPSA) is 25.8 Å². The molecule has 0 amide bonds. The van der Waals surface area contributed by atoms with Gasteiger partial charge in [0.25, 0.3) is 0 Å². The van der Waals surface area contributed by atoms with Gasteiger partial charge in [-0.05, 0) is 18.9 Å². The fourth-order valence-electron chi connectivity index (χ4n) is 2.00. The van der Waals surface area contributed by atoms with Crippen molar-refractivity contribution in [2.45, 2.75) is 13.3 Å². The molecule has 2 nitrogen and oxygen atoms in total. The fourth-order valence-corrected chi connectivity index (χ4v) is 2.00. The van der Waals surface area contributed by atoms with Gasteiger partial charge in [0, 0.05) is 17.1 Å². The molecule has 1 aliphatic carbocycles. The van der Waals surface area contributed by atoms with E-state index >= 15 is 0 Å². The molecule has 0 atom stereocenters. The second-order valence-electron chi connectivity index (χ2n) is 3.96. The van der Waals surface area contributed by atoms with E-state index in [1.54, 1.807) is 0 Å². The molecule has 1 aromatic heterocycles. The Hall–Kier alpha value is -1.96. The SMILES string of the molecule is Cc1ncc2ccc3c(c2n1)C=CCC=C3. The molecule has 1 heterocycles. The first-order chi connectivity index (χ1) is 7.84. The molecule has 0 saturated heterocycles. The van der Waals surface area contributed by atoms with Gasteiger partial charge in [0.2, 0.25) is 0 Å². The highest BCUT2D eigenvalue weighted by molar-refractivity contribution is 5.91. The number of rotatable bonds is 0. The van der Waals surface area contributed by atoms with Crippen LogP contribution < -0.4 is 0 Å². The lowest BCUT2D eigenvalue weighted by atomic mass is 10.0. The number of nitrogens with zero attached hydrogens (tertiary/aromatic N) is 2. The minimum atomic E-state index is 0.822. The highest BCUT2D eigenvalue weighted by atomic mass is 14.9. The van der Waals surface area contributed by atoms with E-state index in [1.165, 1.54) is 11.1 Å². The lowest BCUT2D eigenvalue weighted by Gasteiger charge is -2.05. The Balaban J connectivity index is 2.41. The van der Waals surface area contributed by atoms with Gasteiger partial charge in [-0.3, -0.25) is 0 Å². The van der Waals surface area contributed by atoms with Crippen LogP contribution in [0.4, 0.5) is 0 Å². The Morgan fingerprint density at radius 2 is 2.00 bits per heavy atom. The molecule has 16 heavy (non-hydrogen) atoms. The zero-order valence-corrected chi connectivity index (χ0v) is 9.14. The van der Waals surface area contributed by atoms with Crippen LogP contribution in [0.2, 0.25) is 0 Å². The smallest absolute Gasteiger partial charge is 0.125 e. The molecule has 0 spiro atoms. The summed E-state index contributed by atoms with van der Waals surface area (Å²) in [6.45, 7) is 1.93. The van der Waals surface area contributed by atoms with Crippen molar-refractivity contribution in [3.63, 3.8) is 0 Å². The monoisotopic (exact) mass is 208 g/mol. The van der Waals surface area contributed by atoms with Gasteiger partial charge in [0.15, 0.2) is 0 Å². The van der Waals surface area contributed by atoms with Crippen LogP contribution in [-0.4, -0.2) is 9.97 Å². The van der Waals surface area contributed by atoms with Gasteiger partial charge in [-0.25, -0.2) is 9.97 Å². The molecule has 0 bridgehead atoms. The van der Waals surface area contributed by atoms with E-state index in [-0.39, 0.29) is 0 Å². The quantitative estimate of drug-likeness (QED) is 0.663. The molecular weight excluding hydrogens is 196 g/mol. The van der Waals surface area contributed by atoms with Crippen molar-refractivity contribution in [1.82, 2.24) is 9.97 Å². The van der Waals surface area contributed by atoms with Crippen LogP contribution in [0.5, 0.6) is 0 Å². The molecule has 2 aromatic rings. The number of hydrogen-bond donors (Lipinski definition) is 0. The molecule has 0 unspecified atom stereocenters. The fraction of sp³-hybridized carbons (Fsp3) is 0.143. The molecule has 0 saturated carbocycles. The van der Waals surface area contributed by atoms with E-state index in [2.05, 4.69) is 46.4 Å². The first kappa shape index (κ1) is 9.28. The summed E-state index contributed by atoms with van der Waals surface area (Å²) in [7, 11) is 0. The van der Waals surface area contributed by atoms with Gasteiger partial charge in [-0.15, -0.1) is 0 Å².